The van der Waals surface area contributed by atoms with Gasteiger partial charge in [0.05, 0.1) is 22.1 Å². The fourth-order valence-corrected chi connectivity index (χ4v) is 2.27. The summed E-state index contributed by atoms with van der Waals surface area (Å²) in [5, 5.41) is -1.21. The maximum atomic E-state index is 6.22. The minimum atomic E-state index is -0.421. The Balaban J connectivity index is 3.44. The van der Waals surface area contributed by atoms with Gasteiger partial charge in [-0.1, -0.05) is 18.2 Å². The van der Waals surface area contributed by atoms with E-state index in [1.54, 1.807) is 18.2 Å². The lowest BCUT2D eigenvalue weighted by atomic mass is 10.2. The summed E-state index contributed by atoms with van der Waals surface area (Å²) in [6, 6.07) is 0. The molecule has 1 aromatic heterocycles. The molecule has 0 spiro atoms. The first-order valence-corrected chi connectivity index (χ1v) is 6.65. The summed E-state index contributed by atoms with van der Waals surface area (Å²) in [6.45, 7) is 11.0. The van der Waals surface area contributed by atoms with Crippen LogP contribution in [0.3, 0.4) is 0 Å². The molecule has 0 bridgehead atoms. The van der Waals surface area contributed by atoms with E-state index in [2.05, 4.69) is 24.7 Å². The average Bonchev–Trinajstić information content (AvgIpc) is 2.73. The van der Waals surface area contributed by atoms with Gasteiger partial charge in [0.15, 0.2) is 0 Å². The van der Waals surface area contributed by atoms with Crippen LogP contribution < -0.4 is 0 Å². The predicted octanol–water partition coefficient (Wildman–Crippen LogP) is 4.82. The Morgan fingerprint density at radius 2 is 1.50 bits per heavy atom. The first-order valence-electron chi connectivity index (χ1n) is 5.34. The molecule has 0 aliphatic carbocycles. The van der Waals surface area contributed by atoms with Gasteiger partial charge < -0.3 is 4.57 Å². The van der Waals surface area contributed by atoms with Gasteiger partial charge in [-0.25, -0.2) is 4.98 Å². The van der Waals surface area contributed by atoms with Crippen LogP contribution in [-0.4, -0.2) is 9.55 Å². The Morgan fingerprint density at radius 1 is 1.00 bits per heavy atom. The van der Waals surface area contributed by atoms with Gasteiger partial charge in [0.25, 0.3) is 0 Å². The molecule has 0 aliphatic rings. The van der Waals surface area contributed by atoms with Crippen molar-refractivity contribution in [1.82, 2.24) is 9.55 Å². The predicted molar refractivity (Wildman–Crippen MR) is 79.6 cm³/mol. The van der Waals surface area contributed by atoms with E-state index in [1.165, 1.54) is 0 Å². The number of imidazole rings is 1. The highest BCUT2D eigenvalue weighted by Gasteiger charge is 2.25. The first-order chi connectivity index (χ1) is 8.47. The summed E-state index contributed by atoms with van der Waals surface area (Å²) in [4.78, 5) is 4.44. The highest BCUT2D eigenvalue weighted by molar-refractivity contribution is 6.24. The zero-order chi connectivity index (χ0) is 13.9. The van der Waals surface area contributed by atoms with Gasteiger partial charge in [-0.05, 0) is 0 Å². The van der Waals surface area contributed by atoms with E-state index in [1.807, 2.05) is 11.6 Å². The summed E-state index contributed by atoms with van der Waals surface area (Å²) >= 11 is 18.5. The van der Waals surface area contributed by atoms with Crippen molar-refractivity contribution in [2.45, 2.75) is 16.1 Å². The molecule has 1 rings (SSSR count). The Bertz CT molecular complexity index is 465. The summed E-state index contributed by atoms with van der Waals surface area (Å²) in [5.41, 5.74) is 1.42. The molecule has 0 radical (unpaired) electrons. The normalized spacial score (nSPS) is 15.8. The number of alkyl halides is 3. The van der Waals surface area contributed by atoms with Crippen LogP contribution in [-0.2, 0) is 7.05 Å². The van der Waals surface area contributed by atoms with Gasteiger partial charge >= 0.3 is 0 Å². The highest BCUT2D eigenvalue weighted by Crippen LogP contribution is 2.35. The van der Waals surface area contributed by atoms with Gasteiger partial charge in [-0.15, -0.1) is 54.5 Å². The van der Waals surface area contributed by atoms with Crippen LogP contribution >= 0.6 is 34.8 Å². The number of allylic oxidation sites excluding steroid dienone is 3. The van der Waals surface area contributed by atoms with Crippen LogP contribution in [0.1, 0.15) is 33.3 Å². The van der Waals surface area contributed by atoms with Crippen LogP contribution in [0.4, 0.5) is 0 Å². The second kappa shape index (κ2) is 6.46. The fourth-order valence-electron chi connectivity index (χ4n) is 1.66. The minimum Gasteiger partial charge on any atom is -0.332 e. The highest BCUT2D eigenvalue weighted by atomic mass is 35.5. The molecule has 0 fully saturated rings. The number of rotatable bonds is 6. The molecular formula is C13H15Cl3N2. The van der Waals surface area contributed by atoms with Crippen molar-refractivity contribution in [3.05, 3.63) is 55.2 Å². The monoisotopic (exact) mass is 304 g/mol. The molecule has 0 saturated carbocycles. The second-order valence-electron chi connectivity index (χ2n) is 3.71. The van der Waals surface area contributed by atoms with E-state index in [0.717, 1.165) is 5.69 Å². The van der Waals surface area contributed by atoms with E-state index in [0.29, 0.717) is 11.5 Å². The topological polar surface area (TPSA) is 17.8 Å². The smallest absolute Gasteiger partial charge is 0.131 e. The van der Waals surface area contributed by atoms with Gasteiger partial charge in [0.1, 0.15) is 11.2 Å². The first kappa shape index (κ1) is 15.4. The van der Waals surface area contributed by atoms with Crippen molar-refractivity contribution in [3.8, 4) is 0 Å². The molecular weight excluding hydrogens is 291 g/mol. The molecule has 98 valence electrons. The Kier molecular flexibility index (Phi) is 5.51. The maximum Gasteiger partial charge on any atom is 0.131 e. The molecule has 0 N–H and O–H groups in total. The summed E-state index contributed by atoms with van der Waals surface area (Å²) in [7, 11) is 1.84. The Labute approximate surface area is 123 Å². The number of nitrogens with zero attached hydrogens (tertiary/aromatic N) is 2. The number of aromatic nitrogens is 2. The van der Waals surface area contributed by atoms with Gasteiger partial charge in [0.2, 0.25) is 0 Å². The van der Waals surface area contributed by atoms with E-state index < -0.39 is 10.8 Å². The lowest BCUT2D eigenvalue weighted by Crippen LogP contribution is -2.04. The van der Waals surface area contributed by atoms with E-state index in [-0.39, 0.29) is 5.38 Å². The van der Waals surface area contributed by atoms with Crippen molar-refractivity contribution in [2.75, 3.05) is 0 Å². The Hall–Kier alpha value is -0.700. The second-order valence-corrected chi connectivity index (χ2v) is 5.12. The molecule has 3 atom stereocenters. The van der Waals surface area contributed by atoms with Crippen LogP contribution in [0, 0.1) is 0 Å². The fraction of sp³-hybridized carbons (Fsp3) is 0.308. The zero-order valence-electron chi connectivity index (χ0n) is 10.1. The third-order valence-electron chi connectivity index (χ3n) is 2.59. The molecule has 18 heavy (non-hydrogen) atoms. The molecule has 0 saturated heterocycles. The molecule has 3 unspecified atom stereocenters. The number of halogens is 3. The Morgan fingerprint density at radius 3 is 1.94 bits per heavy atom. The zero-order valence-corrected chi connectivity index (χ0v) is 12.4. The third-order valence-corrected chi connectivity index (χ3v) is 3.74. The molecule has 1 heterocycles. The maximum absolute atomic E-state index is 6.22. The van der Waals surface area contributed by atoms with Crippen molar-refractivity contribution in [1.29, 1.82) is 0 Å². The molecule has 2 nitrogen and oxygen atoms in total. The largest absolute Gasteiger partial charge is 0.332 e. The average molecular weight is 306 g/mol. The number of hydrogen-bond donors (Lipinski definition) is 0. The molecule has 5 heteroatoms. The van der Waals surface area contributed by atoms with E-state index in [4.69, 9.17) is 34.8 Å². The molecule has 0 aliphatic heterocycles. The standard InChI is InChI=1S/C13H15Cl3N2/c1-5-8(14)11-12(9(15)6-2)18(4)13(17-11)10(16)7-3/h5-10H,1-3H2,4H3. The van der Waals surface area contributed by atoms with Gasteiger partial charge in [-0.2, -0.15) is 0 Å². The summed E-state index contributed by atoms with van der Waals surface area (Å²) < 4.78 is 1.83. The van der Waals surface area contributed by atoms with E-state index >= 15 is 0 Å². The van der Waals surface area contributed by atoms with Crippen LogP contribution in [0.15, 0.2) is 38.0 Å². The molecule has 0 amide bonds. The van der Waals surface area contributed by atoms with Crippen LogP contribution in [0.25, 0.3) is 0 Å². The van der Waals surface area contributed by atoms with Gasteiger partial charge in [-0.3, -0.25) is 0 Å². The van der Waals surface area contributed by atoms with E-state index in [9.17, 15) is 0 Å². The minimum absolute atomic E-state index is 0.388. The van der Waals surface area contributed by atoms with Crippen LogP contribution in [0.5, 0.6) is 0 Å². The number of hydrogen-bond acceptors (Lipinski definition) is 1. The lowest BCUT2D eigenvalue weighted by Gasteiger charge is -2.11. The molecule has 0 aromatic carbocycles. The third kappa shape index (κ3) is 2.82. The summed E-state index contributed by atoms with van der Waals surface area (Å²) in [5.74, 6) is 0.650. The molecule has 1 aromatic rings. The van der Waals surface area contributed by atoms with Crippen molar-refractivity contribution in [3.63, 3.8) is 0 Å². The summed E-state index contributed by atoms with van der Waals surface area (Å²) in [6.07, 6.45) is 4.82. The van der Waals surface area contributed by atoms with Gasteiger partial charge in [0, 0.05) is 7.05 Å². The van der Waals surface area contributed by atoms with Crippen molar-refractivity contribution in [2.24, 2.45) is 7.05 Å². The quantitative estimate of drug-likeness (QED) is 0.544. The van der Waals surface area contributed by atoms with Crippen molar-refractivity contribution < 1.29 is 0 Å². The SMILES string of the molecule is C=CC(Cl)c1nc(C(Cl)C=C)n(C)c1C(Cl)C=C. The lowest BCUT2D eigenvalue weighted by molar-refractivity contribution is 0.776. The van der Waals surface area contributed by atoms with Crippen LogP contribution in [0.2, 0.25) is 0 Å². The van der Waals surface area contributed by atoms with Crippen molar-refractivity contribution >= 4 is 34.8 Å².